The Hall–Kier alpha value is -3.02. The molecule has 0 heterocycles. The lowest BCUT2D eigenvalue weighted by Crippen LogP contribution is -2.33. The molecule has 0 saturated heterocycles. The summed E-state index contributed by atoms with van der Waals surface area (Å²) in [5, 5.41) is 15.3. The Balaban J connectivity index is 1.72. The summed E-state index contributed by atoms with van der Waals surface area (Å²) >= 11 is 0. The van der Waals surface area contributed by atoms with Gasteiger partial charge in [-0.3, -0.25) is 9.59 Å². The molecule has 1 aliphatic rings. The van der Waals surface area contributed by atoms with Crippen LogP contribution in [0.15, 0.2) is 48.5 Å². The van der Waals surface area contributed by atoms with E-state index in [-0.39, 0.29) is 17.9 Å². The molecule has 0 spiro atoms. The van der Waals surface area contributed by atoms with E-state index in [1.54, 1.807) is 19.2 Å². The van der Waals surface area contributed by atoms with Gasteiger partial charge in [0.15, 0.2) is 0 Å². The van der Waals surface area contributed by atoms with Crippen molar-refractivity contribution in [2.24, 2.45) is 5.92 Å². The lowest BCUT2D eigenvalue weighted by Gasteiger charge is -2.16. The summed E-state index contributed by atoms with van der Waals surface area (Å²) in [6.07, 6.45) is 1.77. The van der Waals surface area contributed by atoms with Gasteiger partial charge in [0.1, 0.15) is 5.75 Å². The number of rotatable bonds is 6. The van der Waals surface area contributed by atoms with Crippen molar-refractivity contribution in [3.05, 3.63) is 54.1 Å². The van der Waals surface area contributed by atoms with Gasteiger partial charge < -0.3 is 20.5 Å². The number of carbonyl (C=O) groups excluding carboxylic acids is 1. The Kier molecular flexibility index (Phi) is 5.41. The smallest absolute Gasteiger partial charge is 0.306 e. The van der Waals surface area contributed by atoms with Crippen LogP contribution >= 0.6 is 0 Å². The highest BCUT2D eigenvalue weighted by Gasteiger charge is 2.30. The molecule has 0 aliphatic heterocycles. The lowest BCUT2D eigenvalue weighted by atomic mass is 10.1. The molecule has 0 unspecified atom stereocenters. The molecule has 3 rings (SSSR count). The third kappa shape index (κ3) is 4.14. The maximum atomic E-state index is 12.7. The molecule has 1 aliphatic carbocycles. The third-order valence-corrected chi connectivity index (χ3v) is 4.64. The van der Waals surface area contributed by atoms with Crippen LogP contribution in [0.2, 0.25) is 0 Å². The normalized spacial score (nSPS) is 19.0. The van der Waals surface area contributed by atoms with Gasteiger partial charge in [-0.1, -0.05) is 18.2 Å². The predicted octanol–water partition coefficient (Wildman–Crippen LogP) is 3.42. The minimum atomic E-state index is -0.790. The molecule has 1 fully saturated rings. The number of carbonyl (C=O) groups is 2. The number of ether oxygens (including phenoxy) is 1. The number of para-hydroxylation sites is 1. The van der Waals surface area contributed by atoms with Crippen LogP contribution in [-0.4, -0.2) is 30.1 Å². The summed E-state index contributed by atoms with van der Waals surface area (Å²) in [4.78, 5) is 23.8. The zero-order valence-electron chi connectivity index (χ0n) is 14.6. The van der Waals surface area contributed by atoms with Crippen molar-refractivity contribution in [2.45, 2.75) is 25.3 Å². The van der Waals surface area contributed by atoms with E-state index >= 15 is 0 Å². The van der Waals surface area contributed by atoms with Crippen LogP contribution < -0.4 is 15.4 Å². The zero-order chi connectivity index (χ0) is 18.5. The van der Waals surface area contributed by atoms with Crippen LogP contribution in [0.1, 0.15) is 29.6 Å². The Morgan fingerprint density at radius 3 is 2.65 bits per heavy atom. The quantitative estimate of drug-likeness (QED) is 0.740. The Morgan fingerprint density at radius 2 is 1.92 bits per heavy atom. The van der Waals surface area contributed by atoms with Gasteiger partial charge in [0.2, 0.25) is 0 Å². The Labute approximate surface area is 152 Å². The van der Waals surface area contributed by atoms with Crippen LogP contribution in [0.25, 0.3) is 0 Å². The fraction of sp³-hybridized carbons (Fsp3) is 0.300. The van der Waals surface area contributed by atoms with E-state index in [1.165, 1.54) is 0 Å². The highest BCUT2D eigenvalue weighted by atomic mass is 16.5. The number of carboxylic acid groups (broad SMARTS) is 1. The number of amides is 1. The number of hydrogen-bond acceptors (Lipinski definition) is 4. The first kappa shape index (κ1) is 17.8. The maximum absolute atomic E-state index is 12.7. The number of anilines is 2. The van der Waals surface area contributed by atoms with Crippen molar-refractivity contribution in [3.8, 4) is 5.75 Å². The molecule has 26 heavy (non-hydrogen) atoms. The summed E-state index contributed by atoms with van der Waals surface area (Å²) in [5.41, 5.74) is 2.02. The Morgan fingerprint density at radius 1 is 1.12 bits per heavy atom. The van der Waals surface area contributed by atoms with Gasteiger partial charge >= 0.3 is 5.97 Å². The Bertz CT molecular complexity index is 806. The molecule has 0 bridgehead atoms. The van der Waals surface area contributed by atoms with Crippen LogP contribution in [0.4, 0.5) is 11.4 Å². The van der Waals surface area contributed by atoms with E-state index in [2.05, 4.69) is 10.6 Å². The molecule has 1 amide bonds. The molecule has 6 heteroatoms. The number of carboxylic acids is 1. The molecule has 136 valence electrons. The summed E-state index contributed by atoms with van der Waals surface area (Å²) in [5.74, 6) is -0.637. The van der Waals surface area contributed by atoms with E-state index < -0.39 is 5.97 Å². The van der Waals surface area contributed by atoms with E-state index in [0.717, 1.165) is 11.4 Å². The maximum Gasteiger partial charge on any atom is 0.306 e. The van der Waals surface area contributed by atoms with Crippen molar-refractivity contribution in [3.63, 3.8) is 0 Å². The van der Waals surface area contributed by atoms with Gasteiger partial charge in [0.25, 0.3) is 5.91 Å². The van der Waals surface area contributed by atoms with E-state index in [4.69, 9.17) is 9.84 Å². The molecule has 2 atom stereocenters. The van der Waals surface area contributed by atoms with Crippen molar-refractivity contribution in [1.82, 2.24) is 5.32 Å². The summed E-state index contributed by atoms with van der Waals surface area (Å²) in [6, 6.07) is 14.6. The largest absolute Gasteiger partial charge is 0.497 e. The van der Waals surface area contributed by atoms with Gasteiger partial charge in [-0.05, 0) is 43.5 Å². The average molecular weight is 354 g/mol. The predicted molar refractivity (Wildman–Crippen MR) is 98.9 cm³/mol. The minimum Gasteiger partial charge on any atom is -0.497 e. The highest BCUT2D eigenvalue weighted by molar-refractivity contribution is 6.00. The number of hydrogen-bond donors (Lipinski definition) is 3. The monoisotopic (exact) mass is 354 g/mol. The molecule has 0 radical (unpaired) electrons. The van der Waals surface area contributed by atoms with Crippen LogP contribution in [0, 0.1) is 5.92 Å². The van der Waals surface area contributed by atoms with Gasteiger partial charge in [0, 0.05) is 17.8 Å². The van der Waals surface area contributed by atoms with E-state index in [0.29, 0.717) is 30.5 Å². The first-order valence-electron chi connectivity index (χ1n) is 8.60. The number of methoxy groups -OCH3 is 1. The van der Waals surface area contributed by atoms with Crippen molar-refractivity contribution in [2.75, 3.05) is 12.4 Å². The first-order valence-corrected chi connectivity index (χ1v) is 8.60. The molecule has 2 aromatic rings. The number of benzene rings is 2. The highest BCUT2D eigenvalue weighted by Crippen LogP contribution is 2.27. The van der Waals surface area contributed by atoms with E-state index in [9.17, 15) is 9.59 Å². The minimum absolute atomic E-state index is 0.103. The molecule has 3 N–H and O–H groups in total. The summed E-state index contributed by atoms with van der Waals surface area (Å²) in [7, 11) is 1.60. The van der Waals surface area contributed by atoms with Gasteiger partial charge in [-0.15, -0.1) is 0 Å². The average Bonchev–Trinajstić information content (AvgIpc) is 3.11. The first-order chi connectivity index (χ1) is 12.6. The second-order valence-electron chi connectivity index (χ2n) is 6.42. The molecular formula is C20H22N2O4. The molecule has 1 saturated carbocycles. The summed E-state index contributed by atoms with van der Waals surface area (Å²) < 4.78 is 5.22. The summed E-state index contributed by atoms with van der Waals surface area (Å²) in [6.45, 7) is 0. The fourth-order valence-electron chi connectivity index (χ4n) is 3.25. The molecule has 6 nitrogen and oxygen atoms in total. The lowest BCUT2D eigenvalue weighted by molar-refractivity contribution is -0.141. The standard InChI is InChI=1S/C20H22N2O4/c1-26-16-6-4-5-14(12-16)21-18-8-3-2-7-17(18)19(23)22-15-10-9-13(11-15)20(24)25/h2-8,12-13,15,21H,9-11H2,1H3,(H,22,23)(H,24,25)/t13-,15+/m1/s1. The number of aliphatic carboxylic acids is 1. The van der Waals surface area contributed by atoms with Crippen molar-refractivity contribution in [1.29, 1.82) is 0 Å². The second kappa shape index (κ2) is 7.91. The van der Waals surface area contributed by atoms with Crippen molar-refractivity contribution >= 4 is 23.3 Å². The van der Waals surface area contributed by atoms with Crippen LogP contribution in [0.5, 0.6) is 5.75 Å². The van der Waals surface area contributed by atoms with Gasteiger partial charge in [0.05, 0.1) is 24.3 Å². The van der Waals surface area contributed by atoms with Crippen LogP contribution in [-0.2, 0) is 4.79 Å². The zero-order valence-corrected chi connectivity index (χ0v) is 14.6. The van der Waals surface area contributed by atoms with E-state index in [1.807, 2.05) is 36.4 Å². The molecule has 2 aromatic carbocycles. The topological polar surface area (TPSA) is 87.7 Å². The van der Waals surface area contributed by atoms with Crippen molar-refractivity contribution < 1.29 is 19.4 Å². The van der Waals surface area contributed by atoms with Gasteiger partial charge in [-0.2, -0.15) is 0 Å². The van der Waals surface area contributed by atoms with Gasteiger partial charge in [-0.25, -0.2) is 0 Å². The third-order valence-electron chi connectivity index (χ3n) is 4.64. The fourth-order valence-corrected chi connectivity index (χ4v) is 3.25. The molecule has 0 aromatic heterocycles. The second-order valence-corrected chi connectivity index (χ2v) is 6.42. The number of nitrogens with one attached hydrogen (secondary N) is 2. The SMILES string of the molecule is COc1cccc(Nc2ccccc2C(=O)N[C@H]2CC[C@@H](C(=O)O)C2)c1. The van der Waals surface area contributed by atoms with Crippen LogP contribution in [0.3, 0.4) is 0 Å². The molecular weight excluding hydrogens is 332 g/mol.